The standard InChI is InChI=1S/C51H41N3/c1-36-18-23-42(24-19-36)53(43-25-20-37(2)21-26-43)46-31-33-47(38(3)34-46)39-22-32-49-48-16-10-11-17-50(48)54(51(49)35-39)45-29-27-44(28-30-45)52(40-12-6-4-7-13-40)41-14-8-5-9-15-41/h4-35H,1-3H3. The lowest BCUT2D eigenvalue weighted by molar-refractivity contribution is 1.17. The van der Waals surface area contributed by atoms with Crippen LogP contribution in [-0.4, -0.2) is 4.57 Å². The van der Waals surface area contributed by atoms with Gasteiger partial charge < -0.3 is 14.4 Å². The van der Waals surface area contributed by atoms with Gasteiger partial charge in [-0.05, 0) is 135 Å². The number of aromatic nitrogens is 1. The molecule has 9 aromatic rings. The molecule has 0 fully saturated rings. The van der Waals surface area contributed by atoms with Crippen LogP contribution in [0.5, 0.6) is 0 Å². The molecular weight excluding hydrogens is 655 g/mol. The second kappa shape index (κ2) is 13.9. The SMILES string of the molecule is Cc1ccc(N(c2ccc(C)cc2)c2ccc(-c3ccc4c5ccccc5n(-c5ccc(N(c6ccccc6)c6ccccc6)cc5)c4c3)c(C)c2)cc1. The van der Waals surface area contributed by atoms with Gasteiger partial charge in [0.05, 0.1) is 11.0 Å². The summed E-state index contributed by atoms with van der Waals surface area (Å²) >= 11 is 0. The zero-order valence-corrected chi connectivity index (χ0v) is 30.8. The molecule has 0 atom stereocenters. The molecule has 0 aliphatic carbocycles. The first-order chi connectivity index (χ1) is 26.5. The smallest absolute Gasteiger partial charge is 0.0547 e. The lowest BCUT2D eigenvalue weighted by Gasteiger charge is -2.26. The number of para-hydroxylation sites is 3. The summed E-state index contributed by atoms with van der Waals surface area (Å²) in [6, 6.07) is 70.2. The summed E-state index contributed by atoms with van der Waals surface area (Å²) in [4.78, 5) is 4.65. The molecule has 0 N–H and O–H groups in total. The molecule has 0 radical (unpaired) electrons. The van der Waals surface area contributed by atoms with Crippen molar-refractivity contribution in [3.8, 4) is 16.8 Å². The maximum absolute atomic E-state index is 2.41. The van der Waals surface area contributed by atoms with Crippen LogP contribution in [0.3, 0.4) is 0 Å². The van der Waals surface area contributed by atoms with Crippen molar-refractivity contribution in [2.45, 2.75) is 20.8 Å². The number of rotatable bonds is 8. The third-order valence-corrected chi connectivity index (χ3v) is 10.4. The van der Waals surface area contributed by atoms with Crippen LogP contribution >= 0.6 is 0 Å². The van der Waals surface area contributed by atoms with E-state index in [4.69, 9.17) is 0 Å². The summed E-state index contributed by atoms with van der Waals surface area (Å²) in [5.74, 6) is 0. The normalized spacial score (nSPS) is 11.2. The number of benzene rings is 8. The van der Waals surface area contributed by atoms with Gasteiger partial charge in [0, 0.05) is 50.6 Å². The summed E-state index contributed by atoms with van der Waals surface area (Å²) in [6.45, 7) is 6.50. The van der Waals surface area contributed by atoms with Gasteiger partial charge >= 0.3 is 0 Å². The minimum absolute atomic E-state index is 1.11. The molecule has 54 heavy (non-hydrogen) atoms. The van der Waals surface area contributed by atoms with Gasteiger partial charge in [-0.2, -0.15) is 0 Å². The minimum Gasteiger partial charge on any atom is -0.311 e. The Labute approximate surface area is 317 Å². The molecule has 8 aromatic carbocycles. The molecule has 1 heterocycles. The Morgan fingerprint density at radius 3 is 1.39 bits per heavy atom. The highest BCUT2D eigenvalue weighted by molar-refractivity contribution is 6.10. The van der Waals surface area contributed by atoms with E-state index < -0.39 is 0 Å². The quantitative estimate of drug-likeness (QED) is 0.157. The van der Waals surface area contributed by atoms with Crippen molar-refractivity contribution in [1.29, 1.82) is 0 Å². The molecule has 0 bridgehead atoms. The van der Waals surface area contributed by atoms with Gasteiger partial charge in [-0.1, -0.05) is 108 Å². The molecule has 260 valence electrons. The first-order valence-electron chi connectivity index (χ1n) is 18.6. The predicted molar refractivity (Wildman–Crippen MR) is 230 cm³/mol. The Morgan fingerprint density at radius 1 is 0.352 bits per heavy atom. The molecule has 1 aromatic heterocycles. The fourth-order valence-electron chi connectivity index (χ4n) is 7.71. The van der Waals surface area contributed by atoms with Gasteiger partial charge in [0.2, 0.25) is 0 Å². The monoisotopic (exact) mass is 695 g/mol. The second-order valence-electron chi connectivity index (χ2n) is 14.1. The van der Waals surface area contributed by atoms with Crippen LogP contribution in [0, 0.1) is 20.8 Å². The summed E-state index contributed by atoms with van der Waals surface area (Å²) in [5, 5.41) is 2.49. The Bertz CT molecular complexity index is 2630. The van der Waals surface area contributed by atoms with Crippen molar-refractivity contribution in [2.75, 3.05) is 9.80 Å². The first-order valence-corrected chi connectivity index (χ1v) is 18.6. The van der Waals surface area contributed by atoms with Crippen molar-refractivity contribution in [1.82, 2.24) is 4.57 Å². The fourth-order valence-corrected chi connectivity index (χ4v) is 7.71. The third kappa shape index (κ3) is 6.10. The number of fused-ring (bicyclic) bond motifs is 3. The predicted octanol–water partition coefficient (Wildman–Crippen LogP) is 14.3. The molecule has 0 spiro atoms. The molecule has 3 nitrogen and oxygen atoms in total. The molecule has 0 saturated heterocycles. The summed E-state index contributed by atoms with van der Waals surface area (Å²) < 4.78 is 2.41. The van der Waals surface area contributed by atoms with E-state index in [0.717, 1.165) is 39.8 Å². The van der Waals surface area contributed by atoms with Gasteiger partial charge in [-0.15, -0.1) is 0 Å². The topological polar surface area (TPSA) is 11.4 Å². The van der Waals surface area contributed by atoms with Crippen LogP contribution in [0.15, 0.2) is 194 Å². The zero-order valence-electron chi connectivity index (χ0n) is 30.8. The molecule has 3 heteroatoms. The van der Waals surface area contributed by atoms with Crippen LogP contribution in [0.4, 0.5) is 34.1 Å². The average molecular weight is 696 g/mol. The fraction of sp³-hybridized carbons (Fsp3) is 0.0588. The first kappa shape index (κ1) is 33.0. The lowest BCUT2D eigenvalue weighted by atomic mass is 9.98. The number of hydrogen-bond donors (Lipinski definition) is 0. The van der Waals surface area contributed by atoms with Gasteiger partial charge in [-0.25, -0.2) is 0 Å². The van der Waals surface area contributed by atoms with E-state index in [2.05, 4.69) is 229 Å². The van der Waals surface area contributed by atoms with Gasteiger partial charge in [0.1, 0.15) is 0 Å². The van der Waals surface area contributed by atoms with E-state index in [1.165, 1.54) is 49.6 Å². The van der Waals surface area contributed by atoms with E-state index in [9.17, 15) is 0 Å². The van der Waals surface area contributed by atoms with Crippen molar-refractivity contribution < 1.29 is 0 Å². The number of anilines is 6. The molecule has 0 unspecified atom stereocenters. The molecule has 0 aliphatic rings. The minimum atomic E-state index is 1.11. The highest BCUT2D eigenvalue weighted by Gasteiger charge is 2.18. The highest BCUT2D eigenvalue weighted by Crippen LogP contribution is 2.40. The Morgan fingerprint density at radius 2 is 0.815 bits per heavy atom. The molecule has 9 rings (SSSR count). The van der Waals surface area contributed by atoms with E-state index in [-0.39, 0.29) is 0 Å². The van der Waals surface area contributed by atoms with Crippen molar-refractivity contribution in [3.05, 3.63) is 211 Å². The van der Waals surface area contributed by atoms with Crippen molar-refractivity contribution in [2.24, 2.45) is 0 Å². The lowest BCUT2D eigenvalue weighted by Crippen LogP contribution is -2.10. The van der Waals surface area contributed by atoms with Crippen LogP contribution in [0.1, 0.15) is 16.7 Å². The van der Waals surface area contributed by atoms with E-state index >= 15 is 0 Å². The summed E-state index contributed by atoms with van der Waals surface area (Å²) in [5.41, 5.74) is 16.4. The Hall–Kier alpha value is -6.84. The Kier molecular flexibility index (Phi) is 8.53. The Balaban J connectivity index is 1.13. The van der Waals surface area contributed by atoms with Gasteiger partial charge in [0.25, 0.3) is 0 Å². The number of hydrogen-bond acceptors (Lipinski definition) is 2. The summed E-state index contributed by atoms with van der Waals surface area (Å²) in [7, 11) is 0. The largest absolute Gasteiger partial charge is 0.311 e. The third-order valence-electron chi connectivity index (χ3n) is 10.4. The molecular formula is C51H41N3. The number of aryl methyl sites for hydroxylation is 3. The van der Waals surface area contributed by atoms with Crippen LogP contribution < -0.4 is 9.80 Å². The molecule has 0 aliphatic heterocycles. The van der Waals surface area contributed by atoms with Crippen LogP contribution in [0.2, 0.25) is 0 Å². The van der Waals surface area contributed by atoms with Crippen LogP contribution in [-0.2, 0) is 0 Å². The van der Waals surface area contributed by atoms with E-state index in [1.807, 2.05) is 0 Å². The number of nitrogens with zero attached hydrogens (tertiary/aromatic N) is 3. The molecule has 0 amide bonds. The van der Waals surface area contributed by atoms with E-state index in [1.54, 1.807) is 0 Å². The van der Waals surface area contributed by atoms with Gasteiger partial charge in [0.15, 0.2) is 0 Å². The zero-order chi connectivity index (χ0) is 36.6. The highest BCUT2D eigenvalue weighted by atomic mass is 15.1. The maximum Gasteiger partial charge on any atom is 0.0547 e. The van der Waals surface area contributed by atoms with E-state index in [0.29, 0.717) is 0 Å². The van der Waals surface area contributed by atoms with Crippen LogP contribution in [0.25, 0.3) is 38.6 Å². The summed E-state index contributed by atoms with van der Waals surface area (Å²) in [6.07, 6.45) is 0. The van der Waals surface area contributed by atoms with Crippen molar-refractivity contribution in [3.63, 3.8) is 0 Å². The van der Waals surface area contributed by atoms with Crippen molar-refractivity contribution >= 4 is 55.9 Å². The van der Waals surface area contributed by atoms with Gasteiger partial charge in [-0.3, -0.25) is 0 Å². The second-order valence-corrected chi connectivity index (χ2v) is 14.1. The average Bonchev–Trinajstić information content (AvgIpc) is 3.54. The molecule has 0 saturated carbocycles. The maximum atomic E-state index is 2.41.